The Kier molecular flexibility index (Phi) is 3.26. The molecule has 0 aliphatic carbocycles. The average Bonchev–Trinajstić information content (AvgIpc) is 2.81. The number of benzene rings is 1. The third kappa shape index (κ3) is 2.22. The highest BCUT2D eigenvalue weighted by Gasteiger charge is 2.19. The monoisotopic (exact) mass is 365 g/mol. The number of anilines is 1. The maximum Gasteiger partial charge on any atom is 0.357 e. The Morgan fingerprint density at radius 2 is 2.19 bits per heavy atom. The molecular formula is C13H8BrN3O3S. The van der Waals surface area contributed by atoms with Gasteiger partial charge >= 0.3 is 5.97 Å². The number of nitrogens with zero attached hydrogens (tertiary/aromatic N) is 2. The molecule has 0 amide bonds. The van der Waals surface area contributed by atoms with E-state index < -0.39 is 11.5 Å². The molecule has 0 saturated carbocycles. The fourth-order valence-electron chi connectivity index (χ4n) is 2.01. The van der Waals surface area contributed by atoms with Crippen LogP contribution >= 0.6 is 27.3 Å². The number of hydrogen-bond acceptors (Lipinski definition) is 5. The van der Waals surface area contributed by atoms with Crippen molar-refractivity contribution in [2.45, 2.75) is 0 Å². The van der Waals surface area contributed by atoms with Crippen molar-refractivity contribution in [3.8, 4) is 5.69 Å². The maximum absolute atomic E-state index is 12.5. The van der Waals surface area contributed by atoms with Crippen molar-refractivity contribution >= 4 is 49.0 Å². The highest BCUT2D eigenvalue weighted by Crippen LogP contribution is 2.27. The number of nitrogens with two attached hydrogens (primary N) is 1. The first kappa shape index (κ1) is 13.8. The van der Waals surface area contributed by atoms with Crippen LogP contribution in [0.15, 0.2) is 38.9 Å². The van der Waals surface area contributed by atoms with Crippen LogP contribution in [0.25, 0.3) is 16.5 Å². The highest BCUT2D eigenvalue weighted by molar-refractivity contribution is 9.10. The van der Waals surface area contributed by atoms with Crippen LogP contribution in [0.5, 0.6) is 0 Å². The van der Waals surface area contributed by atoms with Gasteiger partial charge < -0.3 is 10.8 Å². The molecule has 0 aliphatic heterocycles. The third-order valence-electron chi connectivity index (χ3n) is 2.94. The van der Waals surface area contributed by atoms with Gasteiger partial charge in [-0.1, -0.05) is 22.0 Å². The molecule has 8 heteroatoms. The van der Waals surface area contributed by atoms with Gasteiger partial charge in [0, 0.05) is 15.2 Å². The topological polar surface area (TPSA) is 98.2 Å². The molecule has 3 rings (SSSR count). The van der Waals surface area contributed by atoms with Gasteiger partial charge in [0.25, 0.3) is 5.56 Å². The molecule has 0 spiro atoms. The van der Waals surface area contributed by atoms with Gasteiger partial charge in [0.05, 0.1) is 16.1 Å². The minimum atomic E-state index is -1.21. The predicted molar refractivity (Wildman–Crippen MR) is 84.3 cm³/mol. The molecule has 6 nitrogen and oxygen atoms in total. The summed E-state index contributed by atoms with van der Waals surface area (Å²) in [5.41, 5.74) is 5.63. The van der Waals surface area contributed by atoms with E-state index in [1.807, 2.05) is 0 Å². The molecule has 0 saturated heterocycles. The van der Waals surface area contributed by atoms with Gasteiger partial charge in [-0.05, 0) is 18.2 Å². The van der Waals surface area contributed by atoms with E-state index in [1.54, 1.807) is 24.3 Å². The van der Waals surface area contributed by atoms with Crippen molar-refractivity contribution < 1.29 is 9.90 Å². The summed E-state index contributed by atoms with van der Waals surface area (Å²) in [5.74, 6) is -1.21. The average molecular weight is 366 g/mol. The van der Waals surface area contributed by atoms with Crippen LogP contribution in [-0.4, -0.2) is 20.9 Å². The molecule has 106 valence electrons. The first-order chi connectivity index (χ1) is 9.99. The van der Waals surface area contributed by atoms with E-state index in [-0.39, 0.29) is 21.5 Å². The molecule has 21 heavy (non-hydrogen) atoms. The summed E-state index contributed by atoms with van der Waals surface area (Å²) in [6.45, 7) is 0. The molecular weight excluding hydrogens is 358 g/mol. The van der Waals surface area contributed by atoms with Crippen molar-refractivity contribution in [3.05, 3.63) is 50.2 Å². The molecule has 0 radical (unpaired) electrons. The van der Waals surface area contributed by atoms with Crippen LogP contribution in [0.1, 0.15) is 10.5 Å². The third-order valence-corrected chi connectivity index (χ3v) is 4.24. The minimum Gasteiger partial charge on any atom is -0.476 e. The number of carbonyl (C=O) groups is 1. The smallest absolute Gasteiger partial charge is 0.357 e. The largest absolute Gasteiger partial charge is 0.476 e. The van der Waals surface area contributed by atoms with Crippen molar-refractivity contribution in [1.82, 2.24) is 9.78 Å². The molecule has 0 aliphatic rings. The van der Waals surface area contributed by atoms with Crippen LogP contribution in [0, 0.1) is 0 Å². The Morgan fingerprint density at radius 3 is 2.86 bits per heavy atom. The summed E-state index contributed by atoms with van der Waals surface area (Å²) >= 11 is 4.43. The van der Waals surface area contributed by atoms with E-state index in [4.69, 9.17) is 5.73 Å². The lowest BCUT2D eigenvalue weighted by Gasteiger charge is -2.07. The van der Waals surface area contributed by atoms with Gasteiger partial charge in [0.2, 0.25) is 0 Å². The zero-order chi connectivity index (χ0) is 15.1. The van der Waals surface area contributed by atoms with Gasteiger partial charge in [-0.3, -0.25) is 4.79 Å². The van der Waals surface area contributed by atoms with Crippen LogP contribution in [0.2, 0.25) is 0 Å². The number of hydrogen-bond donors (Lipinski definition) is 2. The lowest BCUT2D eigenvalue weighted by Crippen LogP contribution is -2.24. The zero-order valence-electron chi connectivity index (χ0n) is 10.4. The number of fused-ring (bicyclic) bond motifs is 1. The van der Waals surface area contributed by atoms with E-state index >= 15 is 0 Å². The summed E-state index contributed by atoms with van der Waals surface area (Å²) in [6.07, 6.45) is 0. The Labute approximate surface area is 130 Å². The molecule has 2 heterocycles. The molecule has 0 bridgehead atoms. The second-order valence-corrected chi connectivity index (χ2v) is 6.07. The predicted octanol–water partition coefficient (Wildman–Crippen LogP) is 2.49. The Bertz CT molecular complexity index is 932. The molecule has 3 N–H and O–H groups in total. The summed E-state index contributed by atoms with van der Waals surface area (Å²) in [7, 11) is 0. The lowest BCUT2D eigenvalue weighted by molar-refractivity contribution is 0.0691. The van der Waals surface area contributed by atoms with Crippen LogP contribution in [0.4, 0.5) is 5.00 Å². The van der Waals surface area contributed by atoms with Crippen molar-refractivity contribution in [1.29, 1.82) is 0 Å². The maximum atomic E-state index is 12.5. The molecule has 0 unspecified atom stereocenters. The second-order valence-electron chi connectivity index (χ2n) is 4.24. The standard InChI is InChI=1S/C13H8BrN3O3S/c14-6-2-1-3-7(4-6)17-12(18)9-8(5-21-11(9)15)10(16-17)13(19)20/h1-5H,15H2,(H,19,20). The van der Waals surface area contributed by atoms with E-state index in [2.05, 4.69) is 21.0 Å². The number of aromatic carboxylic acids is 1. The number of nitrogen functional groups attached to an aromatic ring is 1. The quantitative estimate of drug-likeness (QED) is 0.726. The molecule has 0 fully saturated rings. The summed E-state index contributed by atoms with van der Waals surface area (Å²) in [5, 5.41) is 15.5. The molecule has 1 aromatic carbocycles. The zero-order valence-corrected chi connectivity index (χ0v) is 12.8. The first-order valence-corrected chi connectivity index (χ1v) is 7.45. The van der Waals surface area contributed by atoms with E-state index in [9.17, 15) is 14.7 Å². The molecule has 2 aromatic heterocycles. The molecule has 3 aromatic rings. The summed E-state index contributed by atoms with van der Waals surface area (Å²) in [6, 6.07) is 6.87. The highest BCUT2D eigenvalue weighted by atomic mass is 79.9. The van der Waals surface area contributed by atoms with Gasteiger partial charge in [-0.2, -0.15) is 9.78 Å². The normalized spacial score (nSPS) is 10.9. The Balaban J connectivity index is 2.44. The molecule has 0 atom stereocenters. The van der Waals surface area contributed by atoms with Gasteiger partial charge in [-0.15, -0.1) is 11.3 Å². The summed E-state index contributed by atoms with van der Waals surface area (Å²) < 4.78 is 1.81. The Morgan fingerprint density at radius 1 is 1.43 bits per heavy atom. The lowest BCUT2D eigenvalue weighted by atomic mass is 10.2. The number of rotatable bonds is 2. The number of carboxylic acid groups (broad SMARTS) is 1. The Hall–Kier alpha value is -2.19. The van der Waals surface area contributed by atoms with Gasteiger partial charge in [0.1, 0.15) is 0 Å². The minimum absolute atomic E-state index is 0.187. The van der Waals surface area contributed by atoms with Crippen LogP contribution in [0.3, 0.4) is 0 Å². The number of aromatic nitrogens is 2. The van der Waals surface area contributed by atoms with E-state index in [0.29, 0.717) is 5.69 Å². The van der Waals surface area contributed by atoms with Crippen LogP contribution in [-0.2, 0) is 0 Å². The van der Waals surface area contributed by atoms with Crippen molar-refractivity contribution in [3.63, 3.8) is 0 Å². The fraction of sp³-hybridized carbons (Fsp3) is 0. The number of halogens is 1. The first-order valence-electron chi connectivity index (χ1n) is 5.78. The van der Waals surface area contributed by atoms with Crippen molar-refractivity contribution in [2.75, 3.05) is 5.73 Å². The van der Waals surface area contributed by atoms with Crippen molar-refractivity contribution in [2.24, 2.45) is 0 Å². The fourth-order valence-corrected chi connectivity index (χ4v) is 3.19. The van der Waals surface area contributed by atoms with E-state index in [1.165, 1.54) is 5.38 Å². The number of carboxylic acids is 1. The van der Waals surface area contributed by atoms with Gasteiger partial charge in [0.15, 0.2) is 5.69 Å². The number of thiophene rings is 1. The SMILES string of the molecule is Nc1scc2c(C(=O)O)nn(-c3cccc(Br)c3)c(=O)c12. The second kappa shape index (κ2) is 4.97. The van der Waals surface area contributed by atoms with Gasteiger partial charge in [-0.25, -0.2) is 4.79 Å². The van der Waals surface area contributed by atoms with Crippen LogP contribution < -0.4 is 11.3 Å². The summed E-state index contributed by atoms with van der Waals surface area (Å²) in [4.78, 5) is 23.9. The van der Waals surface area contributed by atoms with E-state index in [0.717, 1.165) is 20.5 Å².